The summed E-state index contributed by atoms with van der Waals surface area (Å²) in [6.07, 6.45) is 2.67. The van der Waals surface area contributed by atoms with E-state index in [9.17, 15) is 0 Å². The van der Waals surface area contributed by atoms with Crippen molar-refractivity contribution in [3.63, 3.8) is 0 Å². The van der Waals surface area contributed by atoms with Crippen LogP contribution in [0.4, 0.5) is 0 Å². The Balaban J connectivity index is 1.88. The minimum atomic E-state index is 0.454. The summed E-state index contributed by atoms with van der Waals surface area (Å²) in [6.45, 7) is 3.30. The second kappa shape index (κ2) is 2.91. The lowest BCUT2D eigenvalue weighted by molar-refractivity contribution is 0.538. The van der Waals surface area contributed by atoms with Crippen LogP contribution in [-0.2, 0) is 6.54 Å². The lowest BCUT2D eigenvalue weighted by Crippen LogP contribution is -2.26. The van der Waals surface area contributed by atoms with Crippen LogP contribution in [0.5, 0.6) is 0 Å². The van der Waals surface area contributed by atoms with Gasteiger partial charge in [-0.3, -0.25) is 0 Å². The van der Waals surface area contributed by atoms with E-state index in [1.165, 1.54) is 18.4 Å². The summed E-state index contributed by atoms with van der Waals surface area (Å²) in [6, 6.07) is 10.6. The molecule has 1 fully saturated rings. The van der Waals surface area contributed by atoms with Crippen LogP contribution in [0, 0.1) is 0 Å². The fraction of sp³-hybridized carbons (Fsp3) is 0.455. The van der Waals surface area contributed by atoms with Gasteiger partial charge in [-0.25, -0.2) is 0 Å². The third-order valence-electron chi connectivity index (χ3n) is 2.56. The quantitative estimate of drug-likeness (QED) is 0.717. The van der Waals surface area contributed by atoms with Gasteiger partial charge < -0.3 is 5.32 Å². The molecule has 64 valence electrons. The first-order valence-electron chi connectivity index (χ1n) is 4.57. The van der Waals surface area contributed by atoms with Gasteiger partial charge in [0.1, 0.15) is 0 Å². The van der Waals surface area contributed by atoms with E-state index in [0.29, 0.717) is 5.54 Å². The zero-order valence-electron chi connectivity index (χ0n) is 7.51. The molecule has 0 amide bonds. The number of benzene rings is 1. The maximum atomic E-state index is 3.55. The van der Waals surface area contributed by atoms with Crippen molar-refractivity contribution >= 4 is 0 Å². The van der Waals surface area contributed by atoms with Crippen LogP contribution in [-0.4, -0.2) is 5.54 Å². The Kier molecular flexibility index (Phi) is 1.89. The van der Waals surface area contributed by atoms with E-state index in [4.69, 9.17) is 0 Å². The lowest BCUT2D eigenvalue weighted by atomic mass is 10.2. The highest BCUT2D eigenvalue weighted by molar-refractivity contribution is 5.15. The molecule has 0 bridgehead atoms. The van der Waals surface area contributed by atoms with Gasteiger partial charge in [0, 0.05) is 12.1 Å². The molecule has 1 N–H and O–H groups in total. The molecule has 1 aromatic carbocycles. The molecule has 12 heavy (non-hydrogen) atoms. The predicted molar refractivity (Wildman–Crippen MR) is 50.9 cm³/mol. The zero-order chi connectivity index (χ0) is 8.44. The van der Waals surface area contributed by atoms with Crippen LogP contribution in [0.25, 0.3) is 0 Å². The van der Waals surface area contributed by atoms with Crippen molar-refractivity contribution in [1.82, 2.24) is 5.32 Å². The van der Waals surface area contributed by atoms with Gasteiger partial charge in [0.25, 0.3) is 0 Å². The molecule has 1 aromatic rings. The predicted octanol–water partition coefficient (Wildman–Crippen LogP) is 2.33. The van der Waals surface area contributed by atoms with Gasteiger partial charge in [0.2, 0.25) is 0 Å². The topological polar surface area (TPSA) is 12.0 Å². The third-order valence-corrected chi connectivity index (χ3v) is 2.56. The summed E-state index contributed by atoms with van der Waals surface area (Å²) < 4.78 is 0. The number of hydrogen-bond donors (Lipinski definition) is 1. The normalized spacial score (nSPS) is 19.1. The second-order valence-corrected chi connectivity index (χ2v) is 3.90. The largest absolute Gasteiger partial charge is 0.307 e. The van der Waals surface area contributed by atoms with Crippen molar-refractivity contribution in [3.8, 4) is 0 Å². The fourth-order valence-electron chi connectivity index (χ4n) is 1.28. The fourth-order valence-corrected chi connectivity index (χ4v) is 1.28. The first-order valence-corrected chi connectivity index (χ1v) is 4.57. The third kappa shape index (κ3) is 1.86. The van der Waals surface area contributed by atoms with Gasteiger partial charge in [-0.05, 0) is 25.3 Å². The van der Waals surface area contributed by atoms with Gasteiger partial charge in [-0.15, -0.1) is 0 Å². The molecule has 1 saturated carbocycles. The first-order chi connectivity index (χ1) is 5.79. The van der Waals surface area contributed by atoms with Crippen molar-refractivity contribution in [2.75, 3.05) is 0 Å². The maximum absolute atomic E-state index is 3.55. The second-order valence-electron chi connectivity index (χ2n) is 3.90. The van der Waals surface area contributed by atoms with Gasteiger partial charge in [-0.1, -0.05) is 30.3 Å². The monoisotopic (exact) mass is 161 g/mol. The molecule has 0 unspecified atom stereocenters. The van der Waals surface area contributed by atoms with Crippen molar-refractivity contribution < 1.29 is 0 Å². The Morgan fingerprint density at radius 1 is 1.25 bits per heavy atom. The van der Waals surface area contributed by atoms with Crippen molar-refractivity contribution in [2.24, 2.45) is 0 Å². The average molecular weight is 161 g/mol. The molecular weight excluding hydrogens is 146 g/mol. The lowest BCUT2D eigenvalue weighted by Gasteiger charge is -2.10. The van der Waals surface area contributed by atoms with Crippen LogP contribution in [0.1, 0.15) is 25.3 Å². The van der Waals surface area contributed by atoms with Gasteiger partial charge in [-0.2, -0.15) is 0 Å². The number of rotatable bonds is 3. The van der Waals surface area contributed by atoms with Crippen molar-refractivity contribution in [3.05, 3.63) is 35.9 Å². The number of hydrogen-bond acceptors (Lipinski definition) is 1. The Morgan fingerprint density at radius 3 is 2.50 bits per heavy atom. The van der Waals surface area contributed by atoms with Gasteiger partial charge in [0.15, 0.2) is 0 Å². The molecule has 1 aliphatic rings. The summed E-state index contributed by atoms with van der Waals surface area (Å²) >= 11 is 0. The number of nitrogens with one attached hydrogen (secondary N) is 1. The summed E-state index contributed by atoms with van der Waals surface area (Å²) in [5.74, 6) is 0. The first kappa shape index (κ1) is 7.81. The molecule has 0 radical (unpaired) electrons. The minimum absolute atomic E-state index is 0.454. The Morgan fingerprint density at radius 2 is 1.92 bits per heavy atom. The highest BCUT2D eigenvalue weighted by Crippen LogP contribution is 2.34. The molecule has 0 saturated heterocycles. The summed E-state index contributed by atoms with van der Waals surface area (Å²) in [4.78, 5) is 0. The van der Waals surface area contributed by atoms with E-state index in [2.05, 4.69) is 42.6 Å². The highest BCUT2D eigenvalue weighted by Gasteiger charge is 2.36. The summed E-state index contributed by atoms with van der Waals surface area (Å²) in [7, 11) is 0. The van der Waals surface area contributed by atoms with Crippen LogP contribution < -0.4 is 5.32 Å². The summed E-state index contributed by atoms with van der Waals surface area (Å²) in [5, 5.41) is 3.55. The van der Waals surface area contributed by atoms with E-state index in [1.54, 1.807) is 0 Å². The van der Waals surface area contributed by atoms with Crippen LogP contribution in [0.2, 0.25) is 0 Å². The maximum Gasteiger partial charge on any atom is 0.0210 e. The molecule has 0 spiro atoms. The van der Waals surface area contributed by atoms with E-state index >= 15 is 0 Å². The Hall–Kier alpha value is -0.820. The Labute approximate surface area is 73.8 Å². The SMILES string of the molecule is CC1(NCc2ccccc2)CC1. The molecule has 2 rings (SSSR count). The van der Waals surface area contributed by atoms with E-state index in [0.717, 1.165) is 6.54 Å². The molecular formula is C11H15N. The van der Waals surface area contributed by atoms with E-state index in [-0.39, 0.29) is 0 Å². The standard InChI is InChI=1S/C11H15N/c1-11(7-8-11)12-9-10-5-3-2-4-6-10/h2-6,12H,7-9H2,1H3. The van der Waals surface area contributed by atoms with Crippen LogP contribution in [0.3, 0.4) is 0 Å². The molecule has 0 heterocycles. The smallest absolute Gasteiger partial charge is 0.0210 e. The molecule has 0 atom stereocenters. The average Bonchev–Trinajstić information content (AvgIpc) is 2.84. The van der Waals surface area contributed by atoms with Crippen molar-refractivity contribution in [1.29, 1.82) is 0 Å². The molecule has 1 nitrogen and oxygen atoms in total. The Bertz CT molecular complexity index is 249. The molecule has 0 aromatic heterocycles. The van der Waals surface area contributed by atoms with E-state index < -0.39 is 0 Å². The van der Waals surface area contributed by atoms with Crippen molar-refractivity contribution in [2.45, 2.75) is 31.8 Å². The molecule has 1 aliphatic carbocycles. The molecule has 0 aliphatic heterocycles. The highest BCUT2D eigenvalue weighted by atomic mass is 15.0. The molecule has 1 heteroatoms. The van der Waals surface area contributed by atoms with E-state index in [1.807, 2.05) is 0 Å². The zero-order valence-corrected chi connectivity index (χ0v) is 7.51. The van der Waals surface area contributed by atoms with Gasteiger partial charge >= 0.3 is 0 Å². The van der Waals surface area contributed by atoms with Crippen LogP contribution >= 0.6 is 0 Å². The van der Waals surface area contributed by atoms with Crippen LogP contribution in [0.15, 0.2) is 30.3 Å². The van der Waals surface area contributed by atoms with Gasteiger partial charge in [0.05, 0.1) is 0 Å². The summed E-state index contributed by atoms with van der Waals surface area (Å²) in [5.41, 5.74) is 1.83. The minimum Gasteiger partial charge on any atom is -0.307 e.